The summed E-state index contributed by atoms with van der Waals surface area (Å²) in [4.78, 5) is 41.5. The average molecular weight is 362 g/mol. The van der Waals surface area contributed by atoms with Crippen LogP contribution in [0.2, 0.25) is 0 Å². The van der Waals surface area contributed by atoms with Crippen molar-refractivity contribution in [2.75, 3.05) is 6.54 Å². The third kappa shape index (κ3) is 3.22. The lowest BCUT2D eigenvalue weighted by atomic mass is 10.1. The predicted molar refractivity (Wildman–Crippen MR) is 93.5 cm³/mol. The molecular weight excluding hydrogens is 348 g/mol. The van der Waals surface area contributed by atoms with Crippen molar-refractivity contribution >= 4 is 17.8 Å². The Kier molecular flexibility index (Phi) is 4.25. The second-order valence-electron chi connectivity index (χ2n) is 5.89. The molecule has 2 amide bonds. The number of oxazole rings is 1. The van der Waals surface area contributed by atoms with Crippen LogP contribution in [-0.4, -0.2) is 34.2 Å². The fourth-order valence-corrected chi connectivity index (χ4v) is 2.81. The van der Waals surface area contributed by atoms with Crippen LogP contribution in [0.5, 0.6) is 0 Å². The van der Waals surface area contributed by atoms with Crippen LogP contribution in [0.3, 0.4) is 0 Å². The molecule has 0 saturated heterocycles. The fraction of sp³-hybridized carbons (Fsp3) is 0.100. The Labute approximate surface area is 154 Å². The highest BCUT2D eigenvalue weighted by Gasteiger charge is 2.36. The summed E-state index contributed by atoms with van der Waals surface area (Å²) < 4.78 is 10.6. The number of carbonyl (C=O) groups is 3. The second kappa shape index (κ2) is 6.87. The van der Waals surface area contributed by atoms with Gasteiger partial charge < -0.3 is 9.15 Å². The van der Waals surface area contributed by atoms with Gasteiger partial charge in [0.25, 0.3) is 11.8 Å². The van der Waals surface area contributed by atoms with Crippen LogP contribution in [-0.2, 0) is 16.1 Å². The van der Waals surface area contributed by atoms with Gasteiger partial charge in [0, 0.05) is 5.56 Å². The van der Waals surface area contributed by atoms with Crippen molar-refractivity contribution in [3.63, 3.8) is 0 Å². The van der Waals surface area contributed by atoms with Crippen LogP contribution in [0.4, 0.5) is 0 Å². The van der Waals surface area contributed by atoms with Gasteiger partial charge in [-0.1, -0.05) is 42.5 Å². The van der Waals surface area contributed by atoms with E-state index in [2.05, 4.69) is 4.98 Å². The number of esters is 1. The minimum Gasteiger partial charge on any atom is -0.454 e. The lowest BCUT2D eigenvalue weighted by Gasteiger charge is -2.12. The molecule has 7 heteroatoms. The number of nitrogens with zero attached hydrogens (tertiary/aromatic N) is 2. The van der Waals surface area contributed by atoms with Crippen LogP contribution in [0.1, 0.15) is 26.6 Å². The van der Waals surface area contributed by atoms with Gasteiger partial charge >= 0.3 is 5.97 Å². The first-order valence-corrected chi connectivity index (χ1v) is 8.24. The topological polar surface area (TPSA) is 89.7 Å². The van der Waals surface area contributed by atoms with Crippen LogP contribution in [0, 0.1) is 0 Å². The number of aromatic nitrogens is 1. The van der Waals surface area contributed by atoms with E-state index in [4.69, 9.17) is 9.15 Å². The number of imide groups is 1. The van der Waals surface area contributed by atoms with E-state index in [0.29, 0.717) is 5.76 Å². The van der Waals surface area contributed by atoms with Gasteiger partial charge in [0.1, 0.15) is 6.54 Å². The summed E-state index contributed by atoms with van der Waals surface area (Å²) >= 11 is 0. The first-order valence-electron chi connectivity index (χ1n) is 8.24. The van der Waals surface area contributed by atoms with Crippen molar-refractivity contribution < 1.29 is 23.5 Å². The molecule has 2 aromatic carbocycles. The Morgan fingerprint density at radius 1 is 0.963 bits per heavy atom. The Bertz CT molecular complexity index is 991. The average Bonchev–Trinajstić information content (AvgIpc) is 3.27. The molecule has 0 saturated carbocycles. The van der Waals surface area contributed by atoms with Crippen molar-refractivity contribution in [1.29, 1.82) is 0 Å². The molecule has 0 spiro atoms. The van der Waals surface area contributed by atoms with Crippen molar-refractivity contribution in [1.82, 2.24) is 9.88 Å². The van der Waals surface area contributed by atoms with E-state index < -0.39 is 24.3 Å². The monoisotopic (exact) mass is 362 g/mol. The number of ether oxygens (including phenoxy) is 1. The van der Waals surface area contributed by atoms with Gasteiger partial charge in [0.2, 0.25) is 5.89 Å². The molecule has 7 nitrogen and oxygen atoms in total. The van der Waals surface area contributed by atoms with Crippen molar-refractivity contribution in [2.24, 2.45) is 0 Å². The van der Waals surface area contributed by atoms with Gasteiger partial charge in [0.05, 0.1) is 17.3 Å². The molecule has 1 aliphatic heterocycles. The van der Waals surface area contributed by atoms with Crippen molar-refractivity contribution in [2.45, 2.75) is 6.61 Å². The number of rotatable bonds is 5. The molecule has 2 heterocycles. The molecule has 0 fully saturated rings. The molecule has 0 atom stereocenters. The number of benzene rings is 2. The Balaban J connectivity index is 1.37. The zero-order chi connectivity index (χ0) is 18.8. The standard InChI is InChI=1S/C20H14N2O5/c23-18(11-22-19(24)14-8-4-5-9-15(14)20(22)25)26-12-17-21-10-16(27-17)13-6-2-1-3-7-13/h1-10H,11-12H2. The van der Waals surface area contributed by atoms with Gasteiger partial charge in [-0.05, 0) is 12.1 Å². The fourth-order valence-electron chi connectivity index (χ4n) is 2.81. The highest BCUT2D eigenvalue weighted by Crippen LogP contribution is 2.23. The van der Waals surface area contributed by atoms with Crippen LogP contribution < -0.4 is 0 Å². The van der Waals surface area contributed by atoms with E-state index in [0.717, 1.165) is 10.5 Å². The third-order valence-corrected chi connectivity index (χ3v) is 4.13. The lowest BCUT2D eigenvalue weighted by molar-refractivity contribution is -0.145. The molecule has 27 heavy (non-hydrogen) atoms. The quantitative estimate of drug-likeness (QED) is 0.512. The highest BCUT2D eigenvalue weighted by atomic mass is 16.5. The van der Waals surface area contributed by atoms with Gasteiger partial charge in [-0.3, -0.25) is 19.3 Å². The maximum absolute atomic E-state index is 12.2. The minimum absolute atomic E-state index is 0.186. The molecular formula is C20H14N2O5. The highest BCUT2D eigenvalue weighted by molar-refractivity contribution is 6.22. The van der Waals surface area contributed by atoms with E-state index >= 15 is 0 Å². The molecule has 3 aromatic rings. The number of amides is 2. The van der Waals surface area contributed by atoms with E-state index in [1.165, 1.54) is 0 Å². The summed E-state index contributed by atoms with van der Waals surface area (Å²) in [5.74, 6) is -0.944. The number of hydrogen-bond donors (Lipinski definition) is 0. The van der Waals surface area contributed by atoms with Crippen molar-refractivity contribution in [3.05, 3.63) is 77.8 Å². The molecule has 1 aromatic heterocycles. The van der Waals surface area contributed by atoms with Crippen LogP contribution in [0.15, 0.2) is 65.2 Å². The summed E-state index contributed by atoms with van der Waals surface area (Å²) in [5.41, 5.74) is 1.43. The third-order valence-electron chi connectivity index (χ3n) is 4.13. The summed E-state index contributed by atoms with van der Waals surface area (Å²) in [6.45, 7) is -0.645. The van der Waals surface area contributed by atoms with E-state index in [1.807, 2.05) is 30.3 Å². The molecule has 0 aliphatic carbocycles. The predicted octanol–water partition coefficient (Wildman–Crippen LogP) is 2.68. The smallest absolute Gasteiger partial charge is 0.326 e. The largest absolute Gasteiger partial charge is 0.454 e. The number of hydrogen-bond acceptors (Lipinski definition) is 6. The summed E-state index contributed by atoms with van der Waals surface area (Å²) in [7, 11) is 0. The summed E-state index contributed by atoms with van der Waals surface area (Å²) in [6, 6.07) is 15.8. The second-order valence-corrected chi connectivity index (χ2v) is 5.89. The SMILES string of the molecule is O=C(CN1C(=O)c2ccccc2C1=O)OCc1ncc(-c2ccccc2)o1. The molecule has 0 unspecified atom stereocenters. The minimum atomic E-state index is -0.719. The molecule has 0 radical (unpaired) electrons. The maximum atomic E-state index is 12.2. The summed E-state index contributed by atoms with van der Waals surface area (Å²) in [6.07, 6.45) is 1.54. The van der Waals surface area contributed by atoms with Gasteiger partial charge in [-0.2, -0.15) is 0 Å². The van der Waals surface area contributed by atoms with E-state index in [1.54, 1.807) is 30.5 Å². The first-order chi connectivity index (χ1) is 13.1. The maximum Gasteiger partial charge on any atom is 0.326 e. The van der Waals surface area contributed by atoms with Crippen molar-refractivity contribution in [3.8, 4) is 11.3 Å². The van der Waals surface area contributed by atoms with Gasteiger partial charge in [0.15, 0.2) is 12.4 Å². The molecule has 134 valence electrons. The molecule has 0 bridgehead atoms. The normalized spacial score (nSPS) is 13.0. The van der Waals surface area contributed by atoms with Gasteiger partial charge in [-0.25, -0.2) is 4.98 Å². The lowest BCUT2D eigenvalue weighted by Crippen LogP contribution is -2.35. The van der Waals surface area contributed by atoms with Crippen LogP contribution in [0.25, 0.3) is 11.3 Å². The number of carbonyl (C=O) groups excluding carboxylic acids is 3. The van der Waals surface area contributed by atoms with Crippen LogP contribution >= 0.6 is 0 Å². The molecule has 4 rings (SSSR count). The molecule has 1 aliphatic rings. The Morgan fingerprint density at radius 3 is 2.26 bits per heavy atom. The molecule has 0 N–H and O–H groups in total. The number of fused-ring (bicyclic) bond motifs is 1. The zero-order valence-electron chi connectivity index (χ0n) is 14.1. The Morgan fingerprint density at radius 2 is 1.59 bits per heavy atom. The summed E-state index contributed by atoms with van der Waals surface area (Å²) in [5, 5.41) is 0. The Hall–Kier alpha value is -3.74. The van der Waals surface area contributed by atoms with E-state index in [9.17, 15) is 14.4 Å². The van der Waals surface area contributed by atoms with Gasteiger partial charge in [-0.15, -0.1) is 0 Å². The first kappa shape index (κ1) is 16.7. The van der Waals surface area contributed by atoms with E-state index in [-0.39, 0.29) is 23.6 Å². The zero-order valence-corrected chi connectivity index (χ0v) is 14.1.